The predicted octanol–water partition coefficient (Wildman–Crippen LogP) is 0.346. The molecule has 0 aromatic carbocycles. The Bertz CT molecular complexity index is 689. The molecule has 2 rings (SSSR count). The van der Waals surface area contributed by atoms with E-state index < -0.39 is 9.84 Å². The molecule has 0 aliphatic carbocycles. The Balaban J connectivity index is 2.54. The molecule has 2 heterocycles. The molecule has 20 heavy (non-hydrogen) atoms. The Morgan fingerprint density at radius 1 is 1.35 bits per heavy atom. The summed E-state index contributed by atoms with van der Waals surface area (Å²) in [6.45, 7) is 0.224. The van der Waals surface area contributed by atoms with Gasteiger partial charge in [0.25, 0.3) is 0 Å². The van der Waals surface area contributed by atoms with Crippen LogP contribution in [-0.4, -0.2) is 48.1 Å². The number of hydrogen-bond donors (Lipinski definition) is 2. The van der Waals surface area contributed by atoms with Crippen molar-refractivity contribution in [2.75, 3.05) is 24.7 Å². The molecular weight excluding hydrogens is 280 g/mol. The maximum Gasteiger partial charge on any atom is 0.194 e. The van der Waals surface area contributed by atoms with Crippen molar-refractivity contribution in [1.29, 1.82) is 0 Å². The van der Waals surface area contributed by atoms with Crippen LogP contribution >= 0.6 is 0 Å². The van der Waals surface area contributed by atoms with Crippen LogP contribution in [0.25, 0.3) is 11.1 Å². The minimum atomic E-state index is -3.44. The number of hydrogen-bond acceptors (Lipinski definition) is 7. The van der Waals surface area contributed by atoms with Crippen LogP contribution in [0.4, 0.5) is 5.82 Å². The number of aliphatic hydroxyl groups is 1. The van der Waals surface area contributed by atoms with Crippen LogP contribution in [0.5, 0.6) is 0 Å². The fraction of sp³-hybridized carbons (Fsp3) is 0.250. The summed E-state index contributed by atoms with van der Waals surface area (Å²) in [5.74, 6) is 0.402. The van der Waals surface area contributed by atoms with E-state index in [1.54, 1.807) is 24.5 Å². The third-order valence-electron chi connectivity index (χ3n) is 2.53. The molecule has 0 fully saturated rings. The Morgan fingerprint density at radius 3 is 2.75 bits per heavy atom. The number of rotatable bonds is 5. The van der Waals surface area contributed by atoms with Gasteiger partial charge in [-0.1, -0.05) is 6.07 Å². The molecule has 0 saturated carbocycles. The van der Waals surface area contributed by atoms with Gasteiger partial charge in [0.15, 0.2) is 20.7 Å². The summed E-state index contributed by atoms with van der Waals surface area (Å²) in [6, 6.07) is 4.98. The number of aliphatic hydroxyl groups excluding tert-OH is 1. The van der Waals surface area contributed by atoms with Crippen LogP contribution in [0.1, 0.15) is 0 Å². The summed E-state index contributed by atoms with van der Waals surface area (Å²) in [5, 5.41) is 19.2. The van der Waals surface area contributed by atoms with Gasteiger partial charge in [0.1, 0.15) is 0 Å². The maximum atomic E-state index is 11.6. The zero-order chi connectivity index (χ0) is 14.6. The van der Waals surface area contributed by atoms with Crippen LogP contribution in [-0.2, 0) is 9.84 Å². The molecule has 8 heteroatoms. The second-order valence-corrected chi connectivity index (χ2v) is 6.07. The van der Waals surface area contributed by atoms with Crippen LogP contribution in [0, 0.1) is 0 Å². The van der Waals surface area contributed by atoms with Gasteiger partial charge in [-0.2, -0.15) is 0 Å². The molecule has 0 aliphatic heterocycles. The van der Waals surface area contributed by atoms with Gasteiger partial charge in [0, 0.05) is 36.3 Å². The zero-order valence-corrected chi connectivity index (χ0v) is 11.6. The first-order chi connectivity index (χ1) is 9.52. The lowest BCUT2D eigenvalue weighted by Gasteiger charge is -2.10. The lowest BCUT2D eigenvalue weighted by Crippen LogP contribution is -2.11. The van der Waals surface area contributed by atoms with Gasteiger partial charge in [-0.25, -0.2) is 8.42 Å². The second kappa shape index (κ2) is 5.93. The first-order valence-corrected chi connectivity index (χ1v) is 7.74. The monoisotopic (exact) mass is 294 g/mol. The average Bonchev–Trinajstić information content (AvgIpc) is 2.45. The highest BCUT2D eigenvalue weighted by atomic mass is 32.2. The van der Waals surface area contributed by atoms with Crippen molar-refractivity contribution in [2.45, 2.75) is 5.03 Å². The highest BCUT2D eigenvalue weighted by Gasteiger charge is 2.15. The van der Waals surface area contributed by atoms with Crippen LogP contribution in [0.2, 0.25) is 0 Å². The third kappa shape index (κ3) is 3.28. The predicted molar refractivity (Wildman–Crippen MR) is 73.9 cm³/mol. The highest BCUT2D eigenvalue weighted by Crippen LogP contribution is 2.26. The summed E-state index contributed by atoms with van der Waals surface area (Å²) < 4.78 is 23.1. The molecule has 0 atom stereocenters. The SMILES string of the molecule is CS(=O)(=O)c1cc(-c2cccnc2)c(NCCO)nn1. The number of aromatic nitrogens is 3. The molecule has 2 N–H and O–H groups in total. The Morgan fingerprint density at radius 2 is 2.15 bits per heavy atom. The van der Waals surface area contributed by atoms with E-state index in [2.05, 4.69) is 20.5 Å². The Hall–Kier alpha value is -2.06. The summed E-state index contributed by atoms with van der Waals surface area (Å²) >= 11 is 0. The molecule has 0 unspecified atom stereocenters. The van der Waals surface area contributed by atoms with Gasteiger partial charge in [-0.3, -0.25) is 4.98 Å². The smallest absolute Gasteiger partial charge is 0.194 e. The van der Waals surface area contributed by atoms with Crippen molar-refractivity contribution in [1.82, 2.24) is 15.2 Å². The van der Waals surface area contributed by atoms with Crippen molar-refractivity contribution in [2.24, 2.45) is 0 Å². The van der Waals surface area contributed by atoms with Crippen molar-refractivity contribution >= 4 is 15.7 Å². The zero-order valence-electron chi connectivity index (χ0n) is 10.8. The Labute approximate surface area is 116 Å². The number of nitrogens with zero attached hydrogens (tertiary/aromatic N) is 3. The van der Waals surface area contributed by atoms with E-state index >= 15 is 0 Å². The molecule has 0 radical (unpaired) electrons. The molecule has 2 aromatic heterocycles. The Kier molecular flexibility index (Phi) is 4.26. The van der Waals surface area contributed by atoms with Crippen molar-refractivity contribution in [3.8, 4) is 11.1 Å². The second-order valence-electron chi connectivity index (χ2n) is 4.11. The van der Waals surface area contributed by atoms with E-state index in [-0.39, 0.29) is 11.6 Å². The maximum absolute atomic E-state index is 11.6. The normalized spacial score (nSPS) is 11.3. The van der Waals surface area contributed by atoms with Crippen LogP contribution < -0.4 is 5.32 Å². The van der Waals surface area contributed by atoms with Gasteiger partial charge in [0.2, 0.25) is 0 Å². The van der Waals surface area contributed by atoms with E-state index in [1.807, 2.05) is 0 Å². The molecule has 0 saturated heterocycles. The highest BCUT2D eigenvalue weighted by molar-refractivity contribution is 7.90. The van der Waals surface area contributed by atoms with Crippen LogP contribution in [0.15, 0.2) is 35.6 Å². The fourth-order valence-electron chi connectivity index (χ4n) is 1.60. The molecule has 2 aromatic rings. The lowest BCUT2D eigenvalue weighted by atomic mass is 10.1. The topological polar surface area (TPSA) is 105 Å². The lowest BCUT2D eigenvalue weighted by molar-refractivity contribution is 0.311. The van der Waals surface area contributed by atoms with E-state index in [0.29, 0.717) is 23.5 Å². The fourth-order valence-corrected chi connectivity index (χ4v) is 2.12. The van der Waals surface area contributed by atoms with Gasteiger partial charge in [-0.05, 0) is 12.1 Å². The average molecular weight is 294 g/mol. The standard InChI is InChI=1S/C12H14N4O3S/c1-20(18,19)11-7-10(9-3-2-4-13-8-9)12(16-15-11)14-5-6-17/h2-4,7-8,17H,5-6H2,1H3,(H,14,16). The number of anilines is 1. The molecule has 0 spiro atoms. The molecule has 0 amide bonds. The number of sulfone groups is 1. The molecular formula is C12H14N4O3S. The summed E-state index contributed by atoms with van der Waals surface area (Å²) in [5.41, 5.74) is 1.29. The van der Waals surface area contributed by atoms with E-state index in [0.717, 1.165) is 6.26 Å². The quantitative estimate of drug-likeness (QED) is 0.819. The van der Waals surface area contributed by atoms with Crippen molar-refractivity contribution in [3.63, 3.8) is 0 Å². The molecule has 0 bridgehead atoms. The van der Waals surface area contributed by atoms with E-state index in [4.69, 9.17) is 5.11 Å². The minimum absolute atomic E-state index is 0.0675. The number of nitrogens with one attached hydrogen (secondary N) is 1. The minimum Gasteiger partial charge on any atom is -0.395 e. The van der Waals surface area contributed by atoms with E-state index in [1.165, 1.54) is 6.07 Å². The molecule has 0 aliphatic rings. The summed E-state index contributed by atoms with van der Waals surface area (Å²) in [7, 11) is -3.44. The molecule has 106 valence electrons. The third-order valence-corrected chi connectivity index (χ3v) is 3.49. The first-order valence-electron chi connectivity index (χ1n) is 5.85. The largest absolute Gasteiger partial charge is 0.395 e. The van der Waals surface area contributed by atoms with E-state index in [9.17, 15) is 8.42 Å². The number of pyridine rings is 1. The van der Waals surface area contributed by atoms with Crippen LogP contribution in [0.3, 0.4) is 0 Å². The molecule has 7 nitrogen and oxygen atoms in total. The van der Waals surface area contributed by atoms with Crippen molar-refractivity contribution in [3.05, 3.63) is 30.6 Å². The van der Waals surface area contributed by atoms with Gasteiger partial charge >= 0.3 is 0 Å². The first kappa shape index (κ1) is 14.4. The van der Waals surface area contributed by atoms with Crippen molar-refractivity contribution < 1.29 is 13.5 Å². The van der Waals surface area contributed by atoms with Gasteiger partial charge in [-0.15, -0.1) is 10.2 Å². The van der Waals surface area contributed by atoms with Gasteiger partial charge < -0.3 is 10.4 Å². The summed E-state index contributed by atoms with van der Waals surface area (Å²) in [6.07, 6.45) is 4.30. The van der Waals surface area contributed by atoms with Gasteiger partial charge in [0.05, 0.1) is 6.61 Å². The summed E-state index contributed by atoms with van der Waals surface area (Å²) in [4.78, 5) is 4.00.